The van der Waals surface area contributed by atoms with Crippen LogP contribution in [0.1, 0.15) is 11.7 Å². The van der Waals surface area contributed by atoms with Crippen molar-refractivity contribution in [3.8, 4) is 5.75 Å². The van der Waals surface area contributed by atoms with Crippen molar-refractivity contribution < 1.29 is 17.9 Å². The number of rotatable bonds is 1. The molecule has 0 aromatic heterocycles. The second-order valence-corrected chi connectivity index (χ2v) is 4.27. The minimum Gasteiger partial charge on any atom is -0.482 e. The molecule has 3 rings (SSSR count). The van der Waals surface area contributed by atoms with Crippen LogP contribution in [0.4, 0.5) is 18.9 Å². The van der Waals surface area contributed by atoms with Gasteiger partial charge in [0.15, 0.2) is 11.6 Å². The standard InChI is InChI=1S/C14H10F3NO/c15-8-4-5-12-11(6-8)18-7-13(19-12)9-2-1-3-10(16)14(9)17/h1-6,13,18H,7H2. The smallest absolute Gasteiger partial charge is 0.165 e. The van der Waals surface area contributed by atoms with Crippen LogP contribution in [0.15, 0.2) is 36.4 Å². The second-order valence-electron chi connectivity index (χ2n) is 4.27. The highest BCUT2D eigenvalue weighted by Crippen LogP contribution is 2.35. The van der Waals surface area contributed by atoms with Gasteiger partial charge in [0, 0.05) is 11.6 Å². The normalized spacial score (nSPS) is 17.3. The van der Waals surface area contributed by atoms with E-state index in [0.29, 0.717) is 11.4 Å². The van der Waals surface area contributed by atoms with Crippen molar-refractivity contribution in [1.82, 2.24) is 0 Å². The number of halogens is 3. The van der Waals surface area contributed by atoms with Crippen LogP contribution < -0.4 is 10.1 Å². The van der Waals surface area contributed by atoms with Crippen LogP contribution in [0.5, 0.6) is 5.75 Å². The van der Waals surface area contributed by atoms with Crippen molar-refractivity contribution in [2.45, 2.75) is 6.10 Å². The maximum Gasteiger partial charge on any atom is 0.165 e. The average Bonchev–Trinajstić information content (AvgIpc) is 2.41. The zero-order valence-electron chi connectivity index (χ0n) is 9.79. The van der Waals surface area contributed by atoms with Gasteiger partial charge in [-0.1, -0.05) is 12.1 Å². The Labute approximate surface area is 107 Å². The lowest BCUT2D eigenvalue weighted by Gasteiger charge is -2.27. The predicted octanol–water partition coefficient (Wildman–Crippen LogP) is 3.65. The molecule has 0 bridgehead atoms. The summed E-state index contributed by atoms with van der Waals surface area (Å²) in [6.45, 7) is 0.247. The summed E-state index contributed by atoms with van der Waals surface area (Å²) < 4.78 is 45.5. The van der Waals surface area contributed by atoms with E-state index in [1.54, 1.807) is 0 Å². The molecule has 0 saturated carbocycles. The van der Waals surface area contributed by atoms with Gasteiger partial charge in [-0.05, 0) is 18.2 Å². The molecule has 5 heteroatoms. The molecule has 2 aromatic carbocycles. The van der Waals surface area contributed by atoms with Crippen molar-refractivity contribution in [2.75, 3.05) is 11.9 Å². The third-order valence-corrected chi connectivity index (χ3v) is 3.02. The molecule has 2 aromatic rings. The quantitative estimate of drug-likeness (QED) is 0.849. The van der Waals surface area contributed by atoms with Gasteiger partial charge in [-0.3, -0.25) is 0 Å². The minimum atomic E-state index is -0.917. The first-order valence-electron chi connectivity index (χ1n) is 5.79. The number of benzene rings is 2. The van der Waals surface area contributed by atoms with Crippen LogP contribution in [0.2, 0.25) is 0 Å². The molecule has 1 aliphatic rings. The summed E-state index contributed by atoms with van der Waals surface area (Å²) in [6, 6.07) is 7.97. The van der Waals surface area contributed by atoms with Gasteiger partial charge < -0.3 is 10.1 Å². The summed E-state index contributed by atoms with van der Waals surface area (Å²) in [6.07, 6.45) is -0.645. The van der Waals surface area contributed by atoms with Gasteiger partial charge in [0.1, 0.15) is 17.7 Å². The van der Waals surface area contributed by atoms with Crippen molar-refractivity contribution in [2.24, 2.45) is 0 Å². The van der Waals surface area contributed by atoms with E-state index in [4.69, 9.17) is 4.74 Å². The van der Waals surface area contributed by atoms with Gasteiger partial charge in [0.25, 0.3) is 0 Å². The van der Waals surface area contributed by atoms with Crippen LogP contribution in [0.25, 0.3) is 0 Å². The molecule has 0 spiro atoms. The van der Waals surface area contributed by atoms with Crippen LogP contribution in [-0.4, -0.2) is 6.54 Å². The Balaban J connectivity index is 1.93. The van der Waals surface area contributed by atoms with Crippen molar-refractivity contribution in [3.63, 3.8) is 0 Å². The summed E-state index contributed by atoms with van der Waals surface area (Å²) in [5.41, 5.74) is 0.649. The van der Waals surface area contributed by atoms with E-state index in [1.165, 1.54) is 30.3 Å². The molecule has 1 atom stereocenters. The lowest BCUT2D eigenvalue weighted by molar-refractivity contribution is 0.203. The largest absolute Gasteiger partial charge is 0.482 e. The number of hydrogen-bond acceptors (Lipinski definition) is 2. The lowest BCUT2D eigenvalue weighted by atomic mass is 10.1. The highest BCUT2D eigenvalue weighted by molar-refractivity contribution is 5.58. The highest BCUT2D eigenvalue weighted by Gasteiger charge is 2.24. The zero-order chi connectivity index (χ0) is 13.4. The van der Waals surface area contributed by atoms with Crippen molar-refractivity contribution in [3.05, 3.63) is 59.4 Å². The van der Waals surface area contributed by atoms with Gasteiger partial charge >= 0.3 is 0 Å². The van der Waals surface area contributed by atoms with E-state index in [0.717, 1.165) is 6.07 Å². The summed E-state index contributed by atoms with van der Waals surface area (Å²) in [7, 11) is 0. The lowest BCUT2D eigenvalue weighted by Crippen LogP contribution is -2.24. The van der Waals surface area contributed by atoms with Crippen LogP contribution >= 0.6 is 0 Å². The Hall–Kier alpha value is -2.17. The van der Waals surface area contributed by atoms with Gasteiger partial charge in [-0.25, -0.2) is 13.2 Å². The Morgan fingerprint density at radius 3 is 2.79 bits per heavy atom. The first kappa shape index (κ1) is 11.9. The minimum absolute atomic E-state index is 0.141. The molecule has 1 aliphatic heterocycles. The first-order chi connectivity index (χ1) is 9.15. The maximum atomic E-state index is 13.7. The van der Waals surface area contributed by atoms with E-state index < -0.39 is 17.7 Å². The Morgan fingerprint density at radius 2 is 1.95 bits per heavy atom. The summed E-state index contributed by atoms with van der Waals surface area (Å²) in [5, 5.41) is 2.94. The van der Waals surface area contributed by atoms with Gasteiger partial charge in [-0.15, -0.1) is 0 Å². The molecule has 1 N–H and O–H groups in total. The molecule has 2 nitrogen and oxygen atoms in total. The Bertz CT molecular complexity index is 630. The zero-order valence-corrected chi connectivity index (χ0v) is 9.79. The van der Waals surface area contributed by atoms with Gasteiger partial charge in [-0.2, -0.15) is 0 Å². The Morgan fingerprint density at radius 1 is 1.11 bits per heavy atom. The Kier molecular flexibility index (Phi) is 2.81. The van der Waals surface area contributed by atoms with E-state index in [9.17, 15) is 13.2 Å². The number of ether oxygens (including phenoxy) is 1. The van der Waals surface area contributed by atoms with Crippen molar-refractivity contribution in [1.29, 1.82) is 0 Å². The fraction of sp³-hybridized carbons (Fsp3) is 0.143. The summed E-state index contributed by atoms with van der Waals surface area (Å²) >= 11 is 0. The van der Waals surface area contributed by atoms with Crippen LogP contribution in [0.3, 0.4) is 0 Å². The van der Waals surface area contributed by atoms with Crippen LogP contribution in [0, 0.1) is 17.5 Å². The number of nitrogens with one attached hydrogen (secondary N) is 1. The maximum absolute atomic E-state index is 13.7. The topological polar surface area (TPSA) is 21.3 Å². The third kappa shape index (κ3) is 2.12. The van der Waals surface area contributed by atoms with E-state index in [2.05, 4.69) is 5.32 Å². The fourth-order valence-corrected chi connectivity index (χ4v) is 2.08. The molecule has 0 fully saturated rings. The molecule has 0 saturated heterocycles. The molecule has 98 valence electrons. The molecule has 0 radical (unpaired) electrons. The van der Waals surface area contributed by atoms with E-state index in [1.807, 2.05) is 0 Å². The molecule has 0 amide bonds. The highest BCUT2D eigenvalue weighted by atomic mass is 19.2. The monoisotopic (exact) mass is 265 g/mol. The third-order valence-electron chi connectivity index (χ3n) is 3.02. The fourth-order valence-electron chi connectivity index (χ4n) is 2.08. The number of anilines is 1. The SMILES string of the molecule is Fc1ccc2c(c1)NCC(c1cccc(F)c1F)O2. The second kappa shape index (κ2) is 4.50. The number of hydrogen-bond donors (Lipinski definition) is 1. The average molecular weight is 265 g/mol. The molecule has 19 heavy (non-hydrogen) atoms. The van der Waals surface area contributed by atoms with Crippen LogP contribution in [-0.2, 0) is 0 Å². The van der Waals surface area contributed by atoms with E-state index in [-0.39, 0.29) is 17.9 Å². The number of fused-ring (bicyclic) bond motifs is 1. The first-order valence-corrected chi connectivity index (χ1v) is 5.79. The molecule has 1 heterocycles. The predicted molar refractivity (Wildman–Crippen MR) is 64.6 cm³/mol. The molecule has 0 aliphatic carbocycles. The van der Waals surface area contributed by atoms with Crippen molar-refractivity contribution >= 4 is 5.69 Å². The summed E-state index contributed by atoms with van der Waals surface area (Å²) in [4.78, 5) is 0. The molecular formula is C14H10F3NO. The van der Waals surface area contributed by atoms with E-state index >= 15 is 0 Å². The molecule has 1 unspecified atom stereocenters. The summed E-state index contributed by atoms with van der Waals surface area (Å²) in [5.74, 6) is -1.79. The van der Waals surface area contributed by atoms with Gasteiger partial charge in [0.05, 0.1) is 12.2 Å². The van der Waals surface area contributed by atoms with Gasteiger partial charge in [0.2, 0.25) is 0 Å². The molecular weight excluding hydrogens is 255 g/mol.